The van der Waals surface area contributed by atoms with Gasteiger partial charge in [0.15, 0.2) is 5.78 Å². The van der Waals surface area contributed by atoms with Gasteiger partial charge in [0, 0.05) is 0 Å². The second-order valence-electron chi connectivity index (χ2n) is 8.23. The molecule has 22 heavy (non-hydrogen) atoms. The van der Waals surface area contributed by atoms with Gasteiger partial charge in [-0.05, 0) is 68.6 Å². The highest BCUT2D eigenvalue weighted by Gasteiger charge is 2.65. The quantitative estimate of drug-likeness (QED) is 0.725. The number of ketones is 1. The standard InChI is InChI=1S/C19H30O3/c1-5-12-7-13(6-2)17-15-8-14(16(12)17)9-19(15,4)18(21)22-10-11(3)20/h12-17H,5-10H2,1-4H3. The Balaban J connectivity index is 1.79. The van der Waals surface area contributed by atoms with E-state index < -0.39 is 0 Å². The first-order valence-electron chi connectivity index (χ1n) is 9.09. The van der Waals surface area contributed by atoms with Crippen molar-refractivity contribution in [1.82, 2.24) is 0 Å². The smallest absolute Gasteiger partial charge is 0.312 e. The number of rotatable bonds is 5. The number of Topliss-reactive ketones (excluding diaryl/α,β-unsaturated/α-hetero) is 1. The summed E-state index contributed by atoms with van der Waals surface area (Å²) in [6.45, 7) is 8.14. The fraction of sp³-hybridized carbons (Fsp3) is 0.895. The molecule has 0 heterocycles. The molecule has 2 bridgehead atoms. The first kappa shape index (κ1) is 16.0. The predicted octanol–water partition coefficient (Wildman–Crippen LogP) is 3.85. The first-order chi connectivity index (χ1) is 10.4. The Morgan fingerprint density at radius 3 is 2.32 bits per heavy atom. The van der Waals surface area contributed by atoms with E-state index in [1.165, 1.54) is 32.6 Å². The Morgan fingerprint density at radius 2 is 1.73 bits per heavy atom. The van der Waals surface area contributed by atoms with E-state index >= 15 is 0 Å². The van der Waals surface area contributed by atoms with Gasteiger partial charge in [0.2, 0.25) is 0 Å². The molecule has 0 spiro atoms. The Bertz CT molecular complexity index is 471. The van der Waals surface area contributed by atoms with E-state index in [0.717, 1.165) is 24.2 Å². The van der Waals surface area contributed by atoms with Crippen molar-refractivity contribution >= 4 is 11.8 Å². The minimum absolute atomic E-state index is 0.0608. The summed E-state index contributed by atoms with van der Waals surface area (Å²) in [4.78, 5) is 23.7. The third-order valence-corrected chi connectivity index (χ3v) is 7.13. The van der Waals surface area contributed by atoms with Crippen LogP contribution in [0.1, 0.15) is 59.8 Å². The summed E-state index contributed by atoms with van der Waals surface area (Å²) in [7, 11) is 0. The highest BCUT2D eigenvalue weighted by molar-refractivity contribution is 5.83. The van der Waals surface area contributed by atoms with Crippen molar-refractivity contribution < 1.29 is 14.3 Å². The van der Waals surface area contributed by atoms with Crippen LogP contribution in [0.5, 0.6) is 0 Å². The Kier molecular flexibility index (Phi) is 4.11. The third-order valence-electron chi connectivity index (χ3n) is 7.13. The Labute approximate surface area is 134 Å². The summed E-state index contributed by atoms with van der Waals surface area (Å²) in [5, 5.41) is 0. The summed E-state index contributed by atoms with van der Waals surface area (Å²) in [5.41, 5.74) is -0.350. The third kappa shape index (κ3) is 2.23. The Hall–Kier alpha value is -0.860. The minimum Gasteiger partial charge on any atom is -0.457 e. The molecular weight excluding hydrogens is 276 g/mol. The molecule has 0 saturated heterocycles. The van der Waals surface area contributed by atoms with E-state index in [2.05, 4.69) is 20.8 Å². The van der Waals surface area contributed by atoms with Gasteiger partial charge in [-0.25, -0.2) is 0 Å². The molecule has 3 heteroatoms. The van der Waals surface area contributed by atoms with Gasteiger partial charge in [0.1, 0.15) is 6.61 Å². The summed E-state index contributed by atoms with van der Waals surface area (Å²) >= 11 is 0. The van der Waals surface area contributed by atoms with Crippen LogP contribution >= 0.6 is 0 Å². The molecule has 0 radical (unpaired) electrons. The largest absolute Gasteiger partial charge is 0.457 e. The van der Waals surface area contributed by atoms with Gasteiger partial charge >= 0.3 is 5.97 Å². The predicted molar refractivity (Wildman–Crippen MR) is 85.1 cm³/mol. The van der Waals surface area contributed by atoms with Crippen molar-refractivity contribution in [3.63, 3.8) is 0 Å². The van der Waals surface area contributed by atoms with E-state index in [1.807, 2.05) is 0 Å². The van der Waals surface area contributed by atoms with E-state index in [1.54, 1.807) is 0 Å². The van der Waals surface area contributed by atoms with Crippen LogP contribution in [-0.2, 0) is 14.3 Å². The lowest BCUT2D eigenvalue weighted by Crippen LogP contribution is -2.43. The fourth-order valence-corrected chi connectivity index (χ4v) is 6.31. The van der Waals surface area contributed by atoms with Crippen LogP contribution in [0.3, 0.4) is 0 Å². The molecule has 7 atom stereocenters. The lowest BCUT2D eigenvalue weighted by molar-refractivity contribution is -0.163. The van der Waals surface area contributed by atoms with Crippen LogP contribution in [0.4, 0.5) is 0 Å². The van der Waals surface area contributed by atoms with Crippen LogP contribution in [0, 0.1) is 40.9 Å². The van der Waals surface area contributed by atoms with Crippen molar-refractivity contribution in [3.05, 3.63) is 0 Å². The zero-order chi connectivity index (χ0) is 16.1. The van der Waals surface area contributed by atoms with Crippen LogP contribution in [-0.4, -0.2) is 18.4 Å². The van der Waals surface area contributed by atoms with Gasteiger partial charge in [-0.3, -0.25) is 9.59 Å². The number of ether oxygens (including phenoxy) is 1. The maximum absolute atomic E-state index is 12.6. The van der Waals surface area contributed by atoms with Crippen molar-refractivity contribution in [2.75, 3.05) is 6.61 Å². The van der Waals surface area contributed by atoms with Crippen LogP contribution in [0.15, 0.2) is 0 Å². The molecule has 0 aliphatic heterocycles. The first-order valence-corrected chi connectivity index (χ1v) is 9.09. The zero-order valence-corrected chi connectivity index (χ0v) is 14.4. The van der Waals surface area contributed by atoms with E-state index in [4.69, 9.17) is 4.74 Å². The minimum atomic E-state index is -0.350. The number of esters is 1. The van der Waals surface area contributed by atoms with Crippen LogP contribution in [0.2, 0.25) is 0 Å². The van der Waals surface area contributed by atoms with Crippen molar-refractivity contribution in [2.45, 2.75) is 59.8 Å². The second-order valence-corrected chi connectivity index (χ2v) is 8.23. The molecular formula is C19H30O3. The number of carbonyl (C=O) groups is 2. The number of hydrogen-bond acceptors (Lipinski definition) is 3. The van der Waals surface area contributed by atoms with Gasteiger partial charge in [0.05, 0.1) is 5.41 Å². The average Bonchev–Trinajstić information content (AvgIpc) is 3.12. The van der Waals surface area contributed by atoms with E-state index in [9.17, 15) is 9.59 Å². The van der Waals surface area contributed by atoms with Crippen molar-refractivity contribution in [3.8, 4) is 0 Å². The molecule has 0 aromatic heterocycles. The zero-order valence-electron chi connectivity index (χ0n) is 14.4. The molecule has 3 aliphatic carbocycles. The molecule has 3 nitrogen and oxygen atoms in total. The lowest BCUT2D eigenvalue weighted by Gasteiger charge is -2.41. The highest BCUT2D eigenvalue weighted by Crippen LogP contribution is 2.69. The SMILES string of the molecule is CCC1CC(CC)C2C1C1CC2C(C)(C(=O)OCC(C)=O)C1. The van der Waals surface area contributed by atoms with Crippen molar-refractivity contribution in [2.24, 2.45) is 40.9 Å². The summed E-state index contributed by atoms with van der Waals surface area (Å²) < 4.78 is 5.33. The van der Waals surface area contributed by atoms with Gasteiger partial charge in [-0.15, -0.1) is 0 Å². The van der Waals surface area contributed by atoms with E-state index in [0.29, 0.717) is 17.8 Å². The monoisotopic (exact) mass is 306 g/mol. The topological polar surface area (TPSA) is 43.4 Å². The van der Waals surface area contributed by atoms with Crippen LogP contribution in [0.25, 0.3) is 0 Å². The average molecular weight is 306 g/mol. The fourth-order valence-electron chi connectivity index (χ4n) is 6.31. The molecule has 3 saturated carbocycles. The van der Waals surface area contributed by atoms with E-state index in [-0.39, 0.29) is 23.8 Å². The highest BCUT2D eigenvalue weighted by atomic mass is 16.5. The number of carbonyl (C=O) groups excluding carboxylic acids is 2. The van der Waals surface area contributed by atoms with Crippen LogP contribution < -0.4 is 0 Å². The molecule has 3 aliphatic rings. The van der Waals surface area contributed by atoms with Crippen molar-refractivity contribution in [1.29, 1.82) is 0 Å². The maximum Gasteiger partial charge on any atom is 0.312 e. The number of fused-ring (bicyclic) bond motifs is 5. The summed E-state index contributed by atoms with van der Waals surface area (Å²) in [6.07, 6.45) is 6.05. The van der Waals surface area contributed by atoms with Gasteiger partial charge in [-0.2, -0.15) is 0 Å². The van der Waals surface area contributed by atoms with Gasteiger partial charge in [-0.1, -0.05) is 26.7 Å². The molecule has 3 rings (SSSR count). The van der Waals surface area contributed by atoms with Gasteiger partial charge < -0.3 is 4.74 Å². The molecule has 7 unspecified atom stereocenters. The molecule has 0 N–H and O–H groups in total. The molecule has 0 aromatic carbocycles. The summed E-state index contributed by atoms with van der Waals surface area (Å²) in [6, 6.07) is 0. The summed E-state index contributed by atoms with van der Waals surface area (Å²) in [5.74, 6) is 4.18. The Morgan fingerprint density at radius 1 is 1.09 bits per heavy atom. The molecule has 0 aromatic rings. The lowest BCUT2D eigenvalue weighted by atomic mass is 9.63. The van der Waals surface area contributed by atoms with Gasteiger partial charge in [0.25, 0.3) is 0 Å². The second kappa shape index (κ2) is 5.65. The molecule has 0 amide bonds. The molecule has 124 valence electrons. The maximum atomic E-state index is 12.6. The number of hydrogen-bond donors (Lipinski definition) is 0. The molecule has 3 fully saturated rings. The normalized spacial score (nSPS) is 45.8.